The van der Waals surface area contributed by atoms with E-state index in [4.69, 9.17) is 9.47 Å². The van der Waals surface area contributed by atoms with E-state index in [0.717, 1.165) is 10.8 Å². The molecule has 0 amide bonds. The van der Waals surface area contributed by atoms with Crippen molar-refractivity contribution in [2.75, 3.05) is 17.6 Å². The number of carbonyl (C=O) groups excluding carboxylic acids is 2. The second kappa shape index (κ2) is 10.2. The summed E-state index contributed by atoms with van der Waals surface area (Å²) >= 11 is 2.23. The van der Waals surface area contributed by atoms with Gasteiger partial charge in [-0.3, -0.25) is 9.59 Å². The van der Waals surface area contributed by atoms with Gasteiger partial charge in [0.05, 0.1) is 13.2 Å². The zero-order valence-corrected chi connectivity index (χ0v) is 13.9. The Morgan fingerprint density at radius 1 is 1.16 bits per heavy atom. The van der Waals surface area contributed by atoms with E-state index in [1.165, 1.54) is 0 Å². The number of rotatable bonds is 10. The van der Waals surface area contributed by atoms with Gasteiger partial charge in [-0.05, 0) is 44.0 Å². The van der Waals surface area contributed by atoms with E-state index in [-0.39, 0.29) is 13.2 Å². The maximum atomic E-state index is 12.2. The van der Waals surface area contributed by atoms with Gasteiger partial charge in [-0.1, -0.05) is 28.7 Å². The molecule has 0 N–H and O–H groups in total. The lowest BCUT2D eigenvalue weighted by molar-refractivity contribution is -0.173. The van der Waals surface area contributed by atoms with E-state index in [1.54, 1.807) is 19.9 Å². The Morgan fingerprint density at radius 2 is 1.68 bits per heavy atom. The van der Waals surface area contributed by atoms with Crippen LogP contribution in [0.15, 0.2) is 12.7 Å². The summed E-state index contributed by atoms with van der Waals surface area (Å²) in [4.78, 5) is 24.5. The number of hydrogen-bond acceptors (Lipinski definition) is 4. The standard InChI is InChI=1S/C14H23IO4/c1-4-7-9-14(10-8-11-15,12(16)18-5-2)13(17)19-6-3/h4H,1,5-11H2,2-3H3. The summed E-state index contributed by atoms with van der Waals surface area (Å²) in [6.45, 7) is 7.64. The molecule has 0 fully saturated rings. The average molecular weight is 382 g/mol. The van der Waals surface area contributed by atoms with Crippen molar-refractivity contribution in [2.24, 2.45) is 5.41 Å². The predicted octanol–water partition coefficient (Wildman–Crippen LogP) is 3.28. The third kappa shape index (κ3) is 5.50. The largest absolute Gasteiger partial charge is 0.465 e. The number of allylic oxidation sites excluding steroid dienone is 1. The van der Waals surface area contributed by atoms with Crippen molar-refractivity contribution in [2.45, 2.75) is 39.5 Å². The Hall–Kier alpha value is -0.590. The lowest BCUT2D eigenvalue weighted by Crippen LogP contribution is -2.42. The van der Waals surface area contributed by atoms with Crippen molar-refractivity contribution in [3.05, 3.63) is 12.7 Å². The fourth-order valence-electron chi connectivity index (χ4n) is 1.87. The highest BCUT2D eigenvalue weighted by atomic mass is 127. The van der Waals surface area contributed by atoms with Crippen molar-refractivity contribution in [1.29, 1.82) is 0 Å². The van der Waals surface area contributed by atoms with Crippen LogP contribution in [0.1, 0.15) is 39.5 Å². The molecule has 0 spiro atoms. The number of hydrogen-bond donors (Lipinski definition) is 0. The van der Waals surface area contributed by atoms with E-state index in [9.17, 15) is 9.59 Å². The predicted molar refractivity (Wildman–Crippen MR) is 83.3 cm³/mol. The van der Waals surface area contributed by atoms with Crippen LogP contribution in [-0.2, 0) is 19.1 Å². The number of alkyl halides is 1. The molecule has 0 aliphatic carbocycles. The molecule has 0 saturated heterocycles. The molecule has 0 unspecified atom stereocenters. The molecule has 0 saturated carbocycles. The normalized spacial score (nSPS) is 10.9. The molecular formula is C14H23IO4. The van der Waals surface area contributed by atoms with Crippen LogP contribution < -0.4 is 0 Å². The first-order valence-electron chi connectivity index (χ1n) is 6.60. The summed E-state index contributed by atoms with van der Waals surface area (Å²) < 4.78 is 11.1. The minimum atomic E-state index is -1.18. The van der Waals surface area contributed by atoms with Gasteiger partial charge in [0.1, 0.15) is 0 Å². The lowest BCUT2D eigenvalue weighted by atomic mass is 9.79. The van der Waals surface area contributed by atoms with Crippen LogP contribution >= 0.6 is 22.6 Å². The van der Waals surface area contributed by atoms with Gasteiger partial charge in [0, 0.05) is 0 Å². The Bertz CT molecular complexity index is 284. The van der Waals surface area contributed by atoms with Gasteiger partial charge in [0.25, 0.3) is 0 Å². The number of ether oxygens (including phenoxy) is 2. The summed E-state index contributed by atoms with van der Waals surface area (Å²) in [7, 11) is 0. The van der Waals surface area contributed by atoms with Gasteiger partial charge in [-0.25, -0.2) is 0 Å². The maximum absolute atomic E-state index is 12.2. The SMILES string of the molecule is C=CCCC(CCCI)(C(=O)OCC)C(=O)OCC. The first-order chi connectivity index (χ1) is 9.08. The molecule has 4 nitrogen and oxygen atoms in total. The van der Waals surface area contributed by atoms with E-state index < -0.39 is 17.4 Å². The molecule has 0 aliphatic heterocycles. The maximum Gasteiger partial charge on any atom is 0.323 e. The second-order valence-corrected chi connectivity index (χ2v) is 5.22. The van der Waals surface area contributed by atoms with Crippen LogP contribution in [0.2, 0.25) is 0 Å². The van der Waals surface area contributed by atoms with Gasteiger partial charge >= 0.3 is 11.9 Å². The number of halogens is 1. The minimum Gasteiger partial charge on any atom is -0.465 e. The van der Waals surface area contributed by atoms with Crippen LogP contribution in [0, 0.1) is 5.41 Å². The molecule has 0 heterocycles. The van der Waals surface area contributed by atoms with Crippen molar-refractivity contribution >= 4 is 34.5 Å². The van der Waals surface area contributed by atoms with E-state index in [2.05, 4.69) is 29.2 Å². The molecule has 110 valence electrons. The zero-order chi connectivity index (χ0) is 14.7. The fraction of sp³-hybridized carbons (Fsp3) is 0.714. The average Bonchev–Trinajstić information content (AvgIpc) is 2.40. The molecule has 0 aromatic heterocycles. The summed E-state index contributed by atoms with van der Waals surface area (Å²) in [5, 5.41) is 0. The second-order valence-electron chi connectivity index (χ2n) is 4.14. The third-order valence-corrected chi connectivity index (χ3v) is 3.61. The Morgan fingerprint density at radius 3 is 2.05 bits per heavy atom. The van der Waals surface area contributed by atoms with Crippen LogP contribution in [-0.4, -0.2) is 29.6 Å². The molecule has 0 rings (SSSR count). The Labute approximate surface area is 129 Å². The number of esters is 2. The van der Waals surface area contributed by atoms with Gasteiger partial charge in [0.2, 0.25) is 0 Å². The monoisotopic (exact) mass is 382 g/mol. The highest BCUT2D eigenvalue weighted by Gasteiger charge is 2.47. The first kappa shape index (κ1) is 18.4. The molecule has 0 atom stereocenters. The van der Waals surface area contributed by atoms with Gasteiger partial charge < -0.3 is 9.47 Å². The molecule has 0 radical (unpaired) electrons. The molecule has 0 aliphatic rings. The highest BCUT2D eigenvalue weighted by Crippen LogP contribution is 2.34. The summed E-state index contributed by atoms with van der Waals surface area (Å²) in [5.74, 6) is -0.944. The van der Waals surface area contributed by atoms with E-state index >= 15 is 0 Å². The lowest BCUT2D eigenvalue weighted by Gasteiger charge is -2.28. The van der Waals surface area contributed by atoms with Gasteiger partial charge in [-0.2, -0.15) is 0 Å². The fourth-order valence-corrected chi connectivity index (χ4v) is 2.25. The smallest absolute Gasteiger partial charge is 0.323 e. The van der Waals surface area contributed by atoms with Crippen LogP contribution in [0.5, 0.6) is 0 Å². The zero-order valence-electron chi connectivity index (χ0n) is 11.7. The molecule has 19 heavy (non-hydrogen) atoms. The molecule has 0 aromatic rings. The highest BCUT2D eigenvalue weighted by molar-refractivity contribution is 14.1. The van der Waals surface area contributed by atoms with Crippen LogP contribution in [0.3, 0.4) is 0 Å². The molecule has 0 aromatic carbocycles. The summed E-state index contributed by atoms with van der Waals surface area (Å²) in [6.07, 6.45) is 3.91. The van der Waals surface area contributed by atoms with Gasteiger partial charge in [-0.15, -0.1) is 6.58 Å². The molecule has 0 bridgehead atoms. The number of carbonyl (C=O) groups is 2. The topological polar surface area (TPSA) is 52.6 Å². The third-order valence-electron chi connectivity index (χ3n) is 2.84. The van der Waals surface area contributed by atoms with Crippen LogP contribution in [0.4, 0.5) is 0 Å². The van der Waals surface area contributed by atoms with E-state index in [0.29, 0.717) is 19.3 Å². The minimum absolute atomic E-state index is 0.262. The summed E-state index contributed by atoms with van der Waals surface area (Å²) in [5.41, 5.74) is -1.18. The molecular weight excluding hydrogens is 359 g/mol. The Kier molecular flexibility index (Phi) is 9.91. The Balaban J connectivity index is 5.21. The van der Waals surface area contributed by atoms with Crippen molar-refractivity contribution < 1.29 is 19.1 Å². The van der Waals surface area contributed by atoms with Crippen LogP contribution in [0.25, 0.3) is 0 Å². The summed E-state index contributed by atoms with van der Waals surface area (Å²) in [6, 6.07) is 0. The molecule has 5 heteroatoms. The quantitative estimate of drug-likeness (QED) is 0.191. The van der Waals surface area contributed by atoms with Crippen molar-refractivity contribution in [1.82, 2.24) is 0 Å². The van der Waals surface area contributed by atoms with Gasteiger partial charge in [0.15, 0.2) is 5.41 Å². The first-order valence-corrected chi connectivity index (χ1v) is 8.12. The van der Waals surface area contributed by atoms with Crippen molar-refractivity contribution in [3.63, 3.8) is 0 Å². The van der Waals surface area contributed by atoms with Crippen molar-refractivity contribution in [3.8, 4) is 0 Å². The van der Waals surface area contributed by atoms with E-state index in [1.807, 2.05) is 0 Å².